The molecule has 7 heteroatoms. The SMILES string of the molecule is CCCCn1ncc(NCc2cn(C)nc2C)c(Br)c1=O. The second-order valence-electron chi connectivity index (χ2n) is 5.02. The van der Waals surface area contributed by atoms with Crippen molar-refractivity contribution in [2.24, 2.45) is 7.05 Å². The molecule has 0 aromatic carbocycles. The fourth-order valence-electron chi connectivity index (χ4n) is 2.07. The average molecular weight is 354 g/mol. The summed E-state index contributed by atoms with van der Waals surface area (Å²) in [6.07, 6.45) is 5.63. The summed E-state index contributed by atoms with van der Waals surface area (Å²) in [5, 5.41) is 11.7. The van der Waals surface area contributed by atoms with Gasteiger partial charge >= 0.3 is 0 Å². The number of unbranched alkanes of at least 4 members (excludes halogenated alkanes) is 1. The molecule has 0 fully saturated rings. The number of nitrogens with zero attached hydrogens (tertiary/aromatic N) is 4. The van der Waals surface area contributed by atoms with Crippen molar-refractivity contribution in [3.63, 3.8) is 0 Å². The van der Waals surface area contributed by atoms with Crippen LogP contribution in [0.1, 0.15) is 31.0 Å². The quantitative estimate of drug-likeness (QED) is 0.866. The fraction of sp³-hybridized carbons (Fsp3) is 0.500. The number of aryl methyl sites for hydroxylation is 3. The maximum Gasteiger partial charge on any atom is 0.283 e. The molecule has 0 spiro atoms. The molecule has 0 aliphatic carbocycles. The second kappa shape index (κ2) is 6.89. The topological polar surface area (TPSA) is 64.7 Å². The Hall–Kier alpha value is -1.63. The molecule has 2 aromatic rings. The van der Waals surface area contributed by atoms with Crippen LogP contribution in [-0.2, 0) is 20.1 Å². The zero-order chi connectivity index (χ0) is 15.4. The summed E-state index contributed by atoms with van der Waals surface area (Å²) in [6, 6.07) is 0. The van der Waals surface area contributed by atoms with Crippen molar-refractivity contribution in [1.82, 2.24) is 19.6 Å². The van der Waals surface area contributed by atoms with Gasteiger partial charge in [-0.25, -0.2) is 4.68 Å². The second-order valence-corrected chi connectivity index (χ2v) is 5.81. The third kappa shape index (κ3) is 3.72. The highest BCUT2D eigenvalue weighted by atomic mass is 79.9. The standard InChI is InChI=1S/C14H20BrN5O/c1-4-5-6-20-14(21)13(15)12(8-17-20)16-7-11-9-19(3)18-10(11)2/h8-9,16H,4-7H2,1-3H3. The van der Waals surface area contributed by atoms with Crippen LogP contribution in [0.5, 0.6) is 0 Å². The number of anilines is 1. The Kier molecular flexibility index (Phi) is 5.17. The molecule has 0 saturated heterocycles. The first-order valence-corrected chi connectivity index (χ1v) is 7.80. The van der Waals surface area contributed by atoms with Gasteiger partial charge in [-0.2, -0.15) is 10.2 Å². The van der Waals surface area contributed by atoms with Crippen LogP contribution in [-0.4, -0.2) is 19.6 Å². The van der Waals surface area contributed by atoms with Crippen molar-refractivity contribution in [2.45, 2.75) is 39.8 Å². The maximum absolute atomic E-state index is 12.2. The molecule has 6 nitrogen and oxygen atoms in total. The summed E-state index contributed by atoms with van der Waals surface area (Å²) in [5.74, 6) is 0. The summed E-state index contributed by atoms with van der Waals surface area (Å²) < 4.78 is 3.80. The number of hydrogen-bond donors (Lipinski definition) is 1. The molecule has 0 aliphatic rings. The molecule has 0 amide bonds. The first-order valence-electron chi connectivity index (χ1n) is 7.01. The molecule has 0 saturated carbocycles. The normalized spacial score (nSPS) is 10.9. The molecule has 2 rings (SSSR count). The summed E-state index contributed by atoms with van der Waals surface area (Å²) >= 11 is 3.36. The van der Waals surface area contributed by atoms with Crippen molar-refractivity contribution >= 4 is 21.6 Å². The van der Waals surface area contributed by atoms with Gasteiger partial charge < -0.3 is 5.32 Å². The van der Waals surface area contributed by atoms with Crippen LogP contribution in [0.25, 0.3) is 0 Å². The van der Waals surface area contributed by atoms with Gasteiger partial charge in [0.05, 0.1) is 17.6 Å². The van der Waals surface area contributed by atoms with Gasteiger partial charge in [-0.05, 0) is 29.3 Å². The molecule has 0 bridgehead atoms. The molecule has 0 unspecified atom stereocenters. The predicted octanol–water partition coefficient (Wildman–Crippen LogP) is 2.46. The van der Waals surface area contributed by atoms with Crippen molar-refractivity contribution in [3.05, 3.63) is 38.5 Å². The van der Waals surface area contributed by atoms with E-state index in [4.69, 9.17) is 0 Å². The van der Waals surface area contributed by atoms with E-state index in [0.29, 0.717) is 23.2 Å². The van der Waals surface area contributed by atoms with Gasteiger partial charge in [-0.3, -0.25) is 9.48 Å². The predicted molar refractivity (Wildman–Crippen MR) is 86.4 cm³/mol. The highest BCUT2D eigenvalue weighted by Gasteiger charge is 2.09. The Morgan fingerprint density at radius 1 is 1.43 bits per heavy atom. The smallest absolute Gasteiger partial charge is 0.283 e. The molecule has 114 valence electrons. The van der Waals surface area contributed by atoms with Gasteiger partial charge in [-0.1, -0.05) is 13.3 Å². The van der Waals surface area contributed by atoms with E-state index in [-0.39, 0.29) is 5.56 Å². The molecule has 0 aliphatic heterocycles. The van der Waals surface area contributed by atoms with Crippen LogP contribution < -0.4 is 10.9 Å². The molecule has 0 atom stereocenters. The molecule has 2 heterocycles. The lowest BCUT2D eigenvalue weighted by Gasteiger charge is -2.10. The van der Waals surface area contributed by atoms with Gasteiger partial charge in [0.2, 0.25) is 0 Å². The lowest BCUT2D eigenvalue weighted by molar-refractivity contribution is 0.541. The van der Waals surface area contributed by atoms with Crippen LogP contribution >= 0.6 is 15.9 Å². The Balaban J connectivity index is 2.12. The summed E-state index contributed by atoms with van der Waals surface area (Å²) in [4.78, 5) is 12.2. The number of aromatic nitrogens is 4. The Bertz CT molecular complexity index is 676. The van der Waals surface area contributed by atoms with Crippen LogP contribution in [0.15, 0.2) is 21.7 Å². The van der Waals surface area contributed by atoms with Crippen LogP contribution in [0.4, 0.5) is 5.69 Å². The van der Waals surface area contributed by atoms with Gasteiger partial charge in [0, 0.05) is 31.9 Å². The number of halogens is 1. The van der Waals surface area contributed by atoms with E-state index >= 15 is 0 Å². The minimum absolute atomic E-state index is 0.101. The lowest BCUT2D eigenvalue weighted by Crippen LogP contribution is -2.24. The number of nitrogens with one attached hydrogen (secondary N) is 1. The zero-order valence-corrected chi connectivity index (χ0v) is 14.1. The molecular formula is C14H20BrN5O. The van der Waals surface area contributed by atoms with Crippen LogP contribution in [0.3, 0.4) is 0 Å². The van der Waals surface area contributed by atoms with Crippen LogP contribution in [0.2, 0.25) is 0 Å². The number of hydrogen-bond acceptors (Lipinski definition) is 4. The zero-order valence-electron chi connectivity index (χ0n) is 12.6. The molecular weight excluding hydrogens is 334 g/mol. The van der Waals surface area contributed by atoms with Crippen molar-refractivity contribution in [3.8, 4) is 0 Å². The van der Waals surface area contributed by atoms with Gasteiger partial charge in [0.15, 0.2) is 0 Å². The third-order valence-electron chi connectivity index (χ3n) is 3.29. The minimum atomic E-state index is -0.101. The summed E-state index contributed by atoms with van der Waals surface area (Å²) in [7, 11) is 1.89. The van der Waals surface area contributed by atoms with E-state index in [0.717, 1.165) is 24.1 Å². The molecule has 2 aromatic heterocycles. The van der Waals surface area contributed by atoms with Crippen molar-refractivity contribution < 1.29 is 0 Å². The summed E-state index contributed by atoms with van der Waals surface area (Å²) in [5.41, 5.74) is 2.68. The lowest BCUT2D eigenvalue weighted by atomic mass is 10.2. The van der Waals surface area contributed by atoms with Gasteiger partial charge in [-0.15, -0.1) is 0 Å². The maximum atomic E-state index is 12.2. The highest BCUT2D eigenvalue weighted by Crippen LogP contribution is 2.18. The molecule has 21 heavy (non-hydrogen) atoms. The van der Waals surface area contributed by atoms with E-state index in [1.165, 1.54) is 4.68 Å². The third-order valence-corrected chi connectivity index (χ3v) is 4.06. The van der Waals surface area contributed by atoms with Crippen LogP contribution in [0, 0.1) is 6.92 Å². The van der Waals surface area contributed by atoms with E-state index in [1.807, 2.05) is 20.2 Å². The first kappa shape index (κ1) is 15.8. The highest BCUT2D eigenvalue weighted by molar-refractivity contribution is 9.10. The van der Waals surface area contributed by atoms with E-state index in [9.17, 15) is 4.79 Å². The van der Waals surface area contributed by atoms with E-state index in [2.05, 4.69) is 38.4 Å². The average Bonchev–Trinajstić information content (AvgIpc) is 2.77. The van der Waals surface area contributed by atoms with Gasteiger partial charge in [0.1, 0.15) is 4.47 Å². The molecule has 1 N–H and O–H groups in total. The van der Waals surface area contributed by atoms with E-state index in [1.54, 1.807) is 10.9 Å². The summed E-state index contributed by atoms with van der Waals surface area (Å²) in [6.45, 7) is 5.31. The minimum Gasteiger partial charge on any atom is -0.378 e. The Morgan fingerprint density at radius 2 is 2.19 bits per heavy atom. The first-order chi connectivity index (χ1) is 10.0. The van der Waals surface area contributed by atoms with Gasteiger partial charge in [0.25, 0.3) is 5.56 Å². The fourth-order valence-corrected chi connectivity index (χ4v) is 2.52. The molecule has 0 radical (unpaired) electrons. The Labute approximate surface area is 132 Å². The largest absolute Gasteiger partial charge is 0.378 e. The number of rotatable bonds is 6. The monoisotopic (exact) mass is 353 g/mol. The Morgan fingerprint density at radius 3 is 2.81 bits per heavy atom. The van der Waals surface area contributed by atoms with E-state index < -0.39 is 0 Å². The van der Waals surface area contributed by atoms with Crippen molar-refractivity contribution in [1.29, 1.82) is 0 Å². The van der Waals surface area contributed by atoms with Crippen molar-refractivity contribution in [2.75, 3.05) is 5.32 Å².